The van der Waals surface area contributed by atoms with Crippen LogP contribution in [0.2, 0.25) is 0 Å². The van der Waals surface area contributed by atoms with Crippen molar-refractivity contribution in [2.45, 2.75) is 0 Å². The topological polar surface area (TPSA) is 52.1 Å². The van der Waals surface area contributed by atoms with Crippen LogP contribution in [0.25, 0.3) is 111 Å². The maximum absolute atomic E-state index is 6.44. The molecule has 11 aromatic rings. The molecular weight excluding hydrogens is 661 g/mol. The highest BCUT2D eigenvalue weighted by atomic mass is 16.3. The summed E-state index contributed by atoms with van der Waals surface area (Å²) in [5.74, 6) is 0. The summed E-state index contributed by atoms with van der Waals surface area (Å²) in [6, 6.07) is 63.1. The lowest BCUT2D eigenvalue weighted by atomic mass is 9.96. The second-order valence-electron chi connectivity index (χ2n) is 13.7. The van der Waals surface area contributed by atoms with Gasteiger partial charge in [-0.1, -0.05) is 146 Å². The molecule has 11 rings (SSSR count). The van der Waals surface area contributed by atoms with Gasteiger partial charge < -0.3 is 8.83 Å². The van der Waals surface area contributed by atoms with E-state index < -0.39 is 0 Å². The number of fused-ring (bicyclic) bond motifs is 8. The summed E-state index contributed by atoms with van der Waals surface area (Å²) in [5, 5.41) is 5.37. The van der Waals surface area contributed by atoms with Gasteiger partial charge in [0, 0.05) is 43.8 Å². The largest absolute Gasteiger partial charge is 0.455 e. The van der Waals surface area contributed by atoms with Gasteiger partial charge in [0.2, 0.25) is 0 Å². The lowest BCUT2D eigenvalue weighted by molar-refractivity contribution is 0.670. The van der Waals surface area contributed by atoms with Crippen molar-refractivity contribution in [3.05, 3.63) is 182 Å². The van der Waals surface area contributed by atoms with E-state index in [1.165, 1.54) is 0 Å². The third kappa shape index (κ3) is 4.92. The quantitative estimate of drug-likeness (QED) is 0.180. The number of nitrogens with zero attached hydrogens (tertiary/aromatic N) is 2. The highest BCUT2D eigenvalue weighted by Gasteiger charge is 2.18. The van der Waals surface area contributed by atoms with Crippen molar-refractivity contribution < 1.29 is 8.83 Å². The first-order chi connectivity index (χ1) is 26.7. The van der Waals surface area contributed by atoms with Gasteiger partial charge in [-0.25, -0.2) is 9.97 Å². The van der Waals surface area contributed by atoms with Gasteiger partial charge in [0.1, 0.15) is 22.3 Å². The Morgan fingerprint density at radius 3 is 1.67 bits per heavy atom. The van der Waals surface area contributed by atoms with Gasteiger partial charge >= 0.3 is 0 Å². The van der Waals surface area contributed by atoms with E-state index in [9.17, 15) is 0 Å². The van der Waals surface area contributed by atoms with Crippen molar-refractivity contribution in [1.29, 1.82) is 0 Å². The Labute approximate surface area is 310 Å². The van der Waals surface area contributed by atoms with E-state index in [0.717, 1.165) is 111 Å². The molecule has 4 nitrogen and oxygen atoms in total. The summed E-state index contributed by atoms with van der Waals surface area (Å²) in [7, 11) is 0. The second kappa shape index (κ2) is 12.1. The van der Waals surface area contributed by atoms with Crippen LogP contribution in [0.4, 0.5) is 0 Å². The molecule has 0 aliphatic carbocycles. The van der Waals surface area contributed by atoms with E-state index in [1.807, 2.05) is 42.5 Å². The summed E-state index contributed by atoms with van der Waals surface area (Å²) in [5.41, 5.74) is 14.7. The van der Waals surface area contributed by atoms with Gasteiger partial charge in [-0.3, -0.25) is 0 Å². The molecular formula is C50H30N2O2. The zero-order valence-corrected chi connectivity index (χ0v) is 29.0. The minimum atomic E-state index is 0.862. The average molecular weight is 691 g/mol. The molecule has 0 N–H and O–H groups in total. The van der Waals surface area contributed by atoms with E-state index in [0.29, 0.717) is 0 Å². The van der Waals surface area contributed by atoms with E-state index in [-0.39, 0.29) is 0 Å². The van der Waals surface area contributed by atoms with Gasteiger partial charge in [-0.2, -0.15) is 0 Å². The first-order valence-corrected chi connectivity index (χ1v) is 18.1. The van der Waals surface area contributed by atoms with Crippen LogP contribution in [0.3, 0.4) is 0 Å². The summed E-state index contributed by atoms with van der Waals surface area (Å²) in [4.78, 5) is 10.4. The van der Waals surface area contributed by atoms with Crippen LogP contribution in [-0.4, -0.2) is 9.97 Å². The third-order valence-electron chi connectivity index (χ3n) is 10.5. The number of furan rings is 2. The Hall–Kier alpha value is -7.30. The van der Waals surface area contributed by atoms with Crippen LogP contribution >= 0.6 is 0 Å². The Balaban J connectivity index is 1.01. The molecule has 0 aliphatic heterocycles. The first kappa shape index (κ1) is 30.3. The van der Waals surface area contributed by atoms with Crippen LogP contribution in [0, 0.1) is 0 Å². The van der Waals surface area contributed by atoms with Gasteiger partial charge in [0.05, 0.1) is 28.0 Å². The minimum Gasteiger partial charge on any atom is -0.455 e. The number of hydrogen-bond acceptors (Lipinski definition) is 4. The monoisotopic (exact) mass is 690 g/mol. The van der Waals surface area contributed by atoms with E-state index in [1.54, 1.807) is 0 Å². The van der Waals surface area contributed by atoms with Crippen LogP contribution in [0.15, 0.2) is 191 Å². The summed E-state index contributed by atoms with van der Waals surface area (Å²) >= 11 is 0. The van der Waals surface area contributed by atoms with Crippen molar-refractivity contribution in [1.82, 2.24) is 9.97 Å². The maximum Gasteiger partial charge on any atom is 0.147 e. The smallest absolute Gasteiger partial charge is 0.147 e. The highest BCUT2D eigenvalue weighted by Crippen LogP contribution is 2.41. The molecule has 0 saturated carbocycles. The van der Waals surface area contributed by atoms with Gasteiger partial charge in [-0.05, 0) is 53.1 Å². The predicted octanol–water partition coefficient (Wildman–Crippen LogP) is 13.8. The lowest BCUT2D eigenvalue weighted by Gasteiger charge is -2.12. The van der Waals surface area contributed by atoms with Crippen LogP contribution < -0.4 is 0 Å². The number of pyridine rings is 2. The zero-order chi connectivity index (χ0) is 35.6. The molecule has 0 bridgehead atoms. The van der Waals surface area contributed by atoms with Crippen molar-refractivity contribution in [2.75, 3.05) is 0 Å². The van der Waals surface area contributed by atoms with Gasteiger partial charge in [0.15, 0.2) is 0 Å². The number of benzene rings is 7. The SMILES string of the molecule is c1ccc(-c2cc(-c3ccc(-c4nc5ccccc5c5oc6ccccc6c45)cc3)cc(-c3ccc(-c4cccc5c4oc4ccccc45)cc3)n2)cc1. The van der Waals surface area contributed by atoms with Crippen molar-refractivity contribution >= 4 is 54.8 Å². The third-order valence-corrected chi connectivity index (χ3v) is 10.5. The molecule has 4 heteroatoms. The number of para-hydroxylation sites is 4. The molecule has 0 spiro atoms. The Kier molecular flexibility index (Phi) is 6.82. The van der Waals surface area contributed by atoms with Crippen LogP contribution in [0.5, 0.6) is 0 Å². The molecule has 7 aromatic carbocycles. The van der Waals surface area contributed by atoms with Gasteiger partial charge in [-0.15, -0.1) is 0 Å². The molecule has 4 aromatic heterocycles. The Bertz CT molecular complexity index is 3190. The lowest BCUT2D eigenvalue weighted by Crippen LogP contribution is -1.92. The zero-order valence-electron chi connectivity index (χ0n) is 29.0. The molecule has 0 aliphatic rings. The number of aromatic nitrogens is 2. The van der Waals surface area contributed by atoms with Crippen molar-refractivity contribution in [3.63, 3.8) is 0 Å². The molecule has 0 saturated heterocycles. The molecule has 0 amide bonds. The maximum atomic E-state index is 6.44. The summed E-state index contributed by atoms with van der Waals surface area (Å²) in [6.07, 6.45) is 0. The Morgan fingerprint density at radius 1 is 0.333 bits per heavy atom. The Morgan fingerprint density at radius 2 is 0.889 bits per heavy atom. The fourth-order valence-electron chi connectivity index (χ4n) is 7.84. The van der Waals surface area contributed by atoms with E-state index in [2.05, 4.69) is 140 Å². The first-order valence-electron chi connectivity index (χ1n) is 18.1. The number of rotatable bonds is 5. The fraction of sp³-hybridized carbons (Fsp3) is 0. The van der Waals surface area contributed by atoms with Crippen LogP contribution in [0.1, 0.15) is 0 Å². The molecule has 252 valence electrons. The fourth-order valence-corrected chi connectivity index (χ4v) is 7.84. The average Bonchev–Trinajstić information content (AvgIpc) is 3.83. The van der Waals surface area contributed by atoms with Crippen molar-refractivity contribution in [3.8, 4) is 56.0 Å². The van der Waals surface area contributed by atoms with E-state index >= 15 is 0 Å². The molecule has 0 radical (unpaired) electrons. The molecule has 0 fully saturated rings. The molecule has 4 heterocycles. The molecule has 54 heavy (non-hydrogen) atoms. The van der Waals surface area contributed by atoms with Crippen molar-refractivity contribution in [2.24, 2.45) is 0 Å². The summed E-state index contributed by atoms with van der Waals surface area (Å²) < 4.78 is 12.8. The van der Waals surface area contributed by atoms with Crippen LogP contribution in [-0.2, 0) is 0 Å². The normalized spacial score (nSPS) is 11.7. The second-order valence-corrected chi connectivity index (χ2v) is 13.7. The molecule has 0 unspecified atom stereocenters. The minimum absolute atomic E-state index is 0.862. The van der Waals surface area contributed by atoms with Gasteiger partial charge in [0.25, 0.3) is 0 Å². The highest BCUT2D eigenvalue weighted by molar-refractivity contribution is 6.19. The molecule has 0 atom stereocenters. The van der Waals surface area contributed by atoms with E-state index in [4.69, 9.17) is 18.8 Å². The standard InChI is InChI=1S/C50H30N2O2/c1-2-11-33(12-3-1)43-29-36(30-44(51-43)34-25-23-32(24-26-34)37-16-10-17-39-38-13-5-8-19-45(38)53-49(37)39)31-21-27-35(28-22-31)48-47-41-15-6-9-20-46(41)54-50(47)40-14-4-7-18-42(40)52-48/h1-30H. The number of hydrogen-bond donors (Lipinski definition) is 0. The predicted molar refractivity (Wildman–Crippen MR) is 221 cm³/mol. The summed E-state index contributed by atoms with van der Waals surface area (Å²) in [6.45, 7) is 0.